The second-order valence-electron chi connectivity index (χ2n) is 2.71. The molecule has 1 aliphatic carbocycles. The monoisotopic (exact) mass is 200 g/mol. The third-order valence-corrected chi connectivity index (χ3v) is 1.64. The maximum Gasteiger partial charge on any atom is 0.316 e. The van der Waals surface area contributed by atoms with Gasteiger partial charge < -0.3 is 4.74 Å². The minimum Gasteiger partial charge on any atom is -0.465 e. The van der Waals surface area contributed by atoms with Gasteiger partial charge in [-0.25, -0.2) is 8.78 Å². The van der Waals surface area contributed by atoms with Gasteiger partial charge in [0.1, 0.15) is 11.7 Å². The van der Waals surface area contributed by atoms with E-state index in [-0.39, 0.29) is 6.61 Å². The number of rotatable bonds is 2. The van der Waals surface area contributed by atoms with E-state index >= 15 is 0 Å². The summed E-state index contributed by atoms with van der Waals surface area (Å²) in [5.41, 5.74) is 0. The summed E-state index contributed by atoms with van der Waals surface area (Å²) in [5.74, 6) is -2.93. The number of hydrogen-bond donors (Lipinski definition) is 0. The SMILES string of the molecule is CCOC(=O)C1C=C(F)C=CC(F)=C1. The van der Waals surface area contributed by atoms with E-state index in [9.17, 15) is 13.6 Å². The van der Waals surface area contributed by atoms with Crippen molar-refractivity contribution < 1.29 is 18.3 Å². The van der Waals surface area contributed by atoms with Gasteiger partial charge in [-0.05, 0) is 31.2 Å². The van der Waals surface area contributed by atoms with Gasteiger partial charge in [0.25, 0.3) is 0 Å². The predicted octanol–water partition coefficient (Wildman–Crippen LogP) is 2.44. The highest BCUT2D eigenvalue weighted by Crippen LogP contribution is 2.18. The van der Waals surface area contributed by atoms with Crippen LogP contribution in [0.5, 0.6) is 0 Å². The van der Waals surface area contributed by atoms with Crippen molar-refractivity contribution in [3.63, 3.8) is 0 Å². The van der Waals surface area contributed by atoms with Crippen LogP contribution in [0.2, 0.25) is 0 Å². The van der Waals surface area contributed by atoms with Crippen LogP contribution in [0.25, 0.3) is 0 Å². The van der Waals surface area contributed by atoms with Gasteiger partial charge in [0, 0.05) is 0 Å². The van der Waals surface area contributed by atoms with Crippen molar-refractivity contribution in [2.75, 3.05) is 6.61 Å². The molecule has 76 valence electrons. The second-order valence-corrected chi connectivity index (χ2v) is 2.71. The topological polar surface area (TPSA) is 26.3 Å². The van der Waals surface area contributed by atoms with Gasteiger partial charge in [0.2, 0.25) is 0 Å². The normalized spacial score (nSPS) is 17.1. The van der Waals surface area contributed by atoms with Crippen LogP contribution in [0.4, 0.5) is 8.78 Å². The number of allylic oxidation sites excluding steroid dienone is 4. The van der Waals surface area contributed by atoms with Crippen molar-refractivity contribution in [2.45, 2.75) is 6.92 Å². The molecule has 2 nitrogen and oxygen atoms in total. The van der Waals surface area contributed by atoms with Crippen molar-refractivity contribution in [1.82, 2.24) is 0 Å². The Hall–Kier alpha value is -1.45. The molecule has 14 heavy (non-hydrogen) atoms. The summed E-state index contributed by atoms with van der Waals surface area (Å²) in [6, 6.07) is 0. The molecule has 0 aromatic carbocycles. The van der Waals surface area contributed by atoms with Crippen molar-refractivity contribution in [2.24, 2.45) is 5.92 Å². The molecular weight excluding hydrogens is 190 g/mol. The van der Waals surface area contributed by atoms with E-state index in [1.54, 1.807) is 6.92 Å². The number of halogens is 2. The third kappa shape index (κ3) is 2.80. The molecule has 0 radical (unpaired) electrons. The van der Waals surface area contributed by atoms with E-state index < -0.39 is 23.5 Å². The molecule has 1 rings (SSSR count). The lowest BCUT2D eigenvalue weighted by Crippen LogP contribution is -2.14. The van der Waals surface area contributed by atoms with Crippen LogP contribution in [-0.2, 0) is 9.53 Å². The van der Waals surface area contributed by atoms with Crippen LogP contribution >= 0.6 is 0 Å². The number of esters is 1. The highest BCUT2D eigenvalue weighted by Gasteiger charge is 2.17. The van der Waals surface area contributed by atoms with Crippen LogP contribution in [-0.4, -0.2) is 12.6 Å². The zero-order valence-corrected chi connectivity index (χ0v) is 7.67. The highest BCUT2D eigenvalue weighted by molar-refractivity contribution is 5.77. The second kappa shape index (κ2) is 4.69. The van der Waals surface area contributed by atoms with E-state index in [1.165, 1.54) is 0 Å². The lowest BCUT2D eigenvalue weighted by molar-refractivity contribution is -0.144. The fourth-order valence-electron chi connectivity index (χ4n) is 1.04. The Bertz CT molecular complexity index is 294. The van der Waals surface area contributed by atoms with Crippen molar-refractivity contribution in [3.8, 4) is 0 Å². The molecule has 0 fully saturated rings. The molecule has 0 saturated heterocycles. The molecule has 0 amide bonds. The molecule has 0 heterocycles. The first-order valence-corrected chi connectivity index (χ1v) is 4.23. The summed E-state index contributed by atoms with van der Waals surface area (Å²) in [6.07, 6.45) is 3.96. The molecule has 0 bridgehead atoms. The fraction of sp³-hybridized carbons (Fsp3) is 0.300. The zero-order chi connectivity index (χ0) is 10.6. The van der Waals surface area contributed by atoms with E-state index in [0.29, 0.717) is 0 Å². The van der Waals surface area contributed by atoms with Gasteiger partial charge in [-0.2, -0.15) is 0 Å². The van der Waals surface area contributed by atoms with Gasteiger partial charge in [-0.3, -0.25) is 4.79 Å². The minimum atomic E-state index is -0.982. The van der Waals surface area contributed by atoms with Gasteiger partial charge in [0.05, 0.1) is 12.5 Å². The fourth-order valence-corrected chi connectivity index (χ4v) is 1.04. The molecule has 0 N–H and O–H groups in total. The Labute approximate surface area is 80.6 Å². The maximum absolute atomic E-state index is 12.8. The Kier molecular flexibility index (Phi) is 3.56. The summed E-state index contributed by atoms with van der Waals surface area (Å²) in [4.78, 5) is 11.2. The van der Waals surface area contributed by atoms with Gasteiger partial charge in [-0.1, -0.05) is 0 Å². The first kappa shape index (κ1) is 10.6. The largest absolute Gasteiger partial charge is 0.465 e. The minimum absolute atomic E-state index is 0.188. The summed E-state index contributed by atoms with van der Waals surface area (Å²) in [6.45, 7) is 1.82. The molecule has 0 saturated carbocycles. The van der Waals surface area contributed by atoms with Gasteiger partial charge >= 0.3 is 5.97 Å². The number of carbonyl (C=O) groups excluding carboxylic acids is 1. The third-order valence-electron chi connectivity index (χ3n) is 1.64. The molecular formula is C10H10F2O2. The van der Waals surface area contributed by atoms with Crippen LogP contribution < -0.4 is 0 Å². The molecule has 1 aliphatic rings. The Morgan fingerprint density at radius 3 is 2.29 bits per heavy atom. The summed E-state index contributed by atoms with van der Waals surface area (Å²) in [7, 11) is 0. The summed E-state index contributed by atoms with van der Waals surface area (Å²) >= 11 is 0. The van der Waals surface area contributed by atoms with Crippen molar-refractivity contribution in [1.29, 1.82) is 0 Å². The van der Waals surface area contributed by atoms with Crippen LogP contribution in [0, 0.1) is 5.92 Å². The van der Waals surface area contributed by atoms with E-state index in [1.807, 2.05) is 0 Å². The zero-order valence-electron chi connectivity index (χ0n) is 7.67. The Balaban J connectivity index is 2.83. The standard InChI is InChI=1S/C10H10F2O2/c1-2-14-10(13)7-5-8(11)3-4-9(12)6-7/h3-7H,2H2,1H3. The molecule has 0 spiro atoms. The molecule has 0 aromatic rings. The van der Waals surface area contributed by atoms with Crippen LogP contribution in [0.3, 0.4) is 0 Å². The number of hydrogen-bond acceptors (Lipinski definition) is 2. The van der Waals surface area contributed by atoms with E-state index in [2.05, 4.69) is 4.74 Å². The van der Waals surface area contributed by atoms with Crippen LogP contribution in [0.1, 0.15) is 6.92 Å². The Morgan fingerprint density at radius 2 is 1.86 bits per heavy atom. The first-order chi connectivity index (χ1) is 6.63. The molecule has 0 unspecified atom stereocenters. The lowest BCUT2D eigenvalue weighted by atomic mass is 10.1. The average Bonchev–Trinajstić information content (AvgIpc) is 2.29. The number of carbonyl (C=O) groups is 1. The maximum atomic E-state index is 12.8. The smallest absolute Gasteiger partial charge is 0.316 e. The summed E-state index contributed by atoms with van der Waals surface area (Å²) in [5, 5.41) is 0. The highest BCUT2D eigenvalue weighted by atomic mass is 19.1. The molecule has 0 aliphatic heterocycles. The molecule has 0 aromatic heterocycles. The number of ether oxygens (including phenoxy) is 1. The predicted molar refractivity (Wildman–Crippen MR) is 47.6 cm³/mol. The quantitative estimate of drug-likeness (QED) is 0.640. The van der Waals surface area contributed by atoms with Crippen LogP contribution in [0.15, 0.2) is 36.0 Å². The van der Waals surface area contributed by atoms with Gasteiger partial charge in [0.15, 0.2) is 0 Å². The molecule has 4 heteroatoms. The van der Waals surface area contributed by atoms with Crippen molar-refractivity contribution in [3.05, 3.63) is 36.0 Å². The Morgan fingerprint density at radius 1 is 1.36 bits per heavy atom. The summed E-state index contributed by atoms with van der Waals surface area (Å²) < 4.78 is 30.3. The van der Waals surface area contributed by atoms with Crippen molar-refractivity contribution >= 4 is 5.97 Å². The van der Waals surface area contributed by atoms with E-state index in [4.69, 9.17) is 0 Å². The van der Waals surface area contributed by atoms with E-state index in [0.717, 1.165) is 24.3 Å². The average molecular weight is 200 g/mol. The lowest BCUT2D eigenvalue weighted by Gasteiger charge is -2.05. The molecule has 0 atom stereocenters. The first-order valence-electron chi connectivity index (χ1n) is 4.23. The van der Waals surface area contributed by atoms with Gasteiger partial charge in [-0.15, -0.1) is 0 Å².